The summed E-state index contributed by atoms with van der Waals surface area (Å²) in [4.78, 5) is 16.6. The topological polar surface area (TPSA) is 65.2 Å². The van der Waals surface area contributed by atoms with Gasteiger partial charge in [0.1, 0.15) is 5.82 Å². The predicted molar refractivity (Wildman–Crippen MR) is 92.8 cm³/mol. The van der Waals surface area contributed by atoms with E-state index < -0.39 is 5.97 Å². The molecular weight excluding hydrogens is 335 g/mol. The number of benzene rings is 3. The fraction of sp³-hybridized carbons (Fsp3) is 0.0500. The predicted octanol–water partition coefficient (Wildman–Crippen LogP) is 4.39. The second-order valence-electron chi connectivity index (χ2n) is 5.62. The fourth-order valence-corrected chi connectivity index (χ4v) is 2.64. The minimum atomic E-state index is -0.469. The fourth-order valence-electron chi connectivity index (χ4n) is 2.64. The Balaban J connectivity index is 1.49. The summed E-state index contributed by atoms with van der Waals surface area (Å²) in [6.45, 7) is -0.143. The van der Waals surface area contributed by atoms with Gasteiger partial charge in [0.2, 0.25) is 5.82 Å². The van der Waals surface area contributed by atoms with Crippen LogP contribution in [0.3, 0.4) is 0 Å². The van der Waals surface area contributed by atoms with Gasteiger partial charge in [-0.15, -0.1) is 0 Å². The third-order valence-electron chi connectivity index (χ3n) is 3.91. The number of hydrogen-bond acceptors (Lipinski definition) is 5. The summed E-state index contributed by atoms with van der Waals surface area (Å²) in [5, 5.41) is 5.59. The van der Waals surface area contributed by atoms with Crippen molar-refractivity contribution in [3.63, 3.8) is 0 Å². The molecule has 5 nitrogen and oxygen atoms in total. The van der Waals surface area contributed by atoms with Crippen LogP contribution in [0.2, 0.25) is 0 Å². The molecule has 4 aromatic rings. The van der Waals surface area contributed by atoms with Crippen LogP contribution in [0.1, 0.15) is 16.2 Å². The van der Waals surface area contributed by atoms with Gasteiger partial charge < -0.3 is 9.26 Å². The van der Waals surface area contributed by atoms with Gasteiger partial charge in [-0.1, -0.05) is 41.6 Å². The maximum absolute atomic E-state index is 13.0. The van der Waals surface area contributed by atoms with Gasteiger partial charge in [-0.25, -0.2) is 9.18 Å². The maximum Gasteiger partial charge on any atom is 0.339 e. The van der Waals surface area contributed by atoms with Gasteiger partial charge in [-0.2, -0.15) is 4.98 Å². The Labute approximate surface area is 148 Å². The lowest BCUT2D eigenvalue weighted by molar-refractivity contribution is 0.0432. The highest BCUT2D eigenvalue weighted by molar-refractivity contribution is 6.04. The Morgan fingerprint density at radius 1 is 1.00 bits per heavy atom. The molecular formula is C20H13FN2O3. The molecule has 0 aliphatic heterocycles. The molecule has 0 saturated carbocycles. The number of carbonyl (C=O) groups excluding carboxylic acids is 1. The third-order valence-corrected chi connectivity index (χ3v) is 3.91. The lowest BCUT2D eigenvalue weighted by atomic mass is 10.1. The van der Waals surface area contributed by atoms with Crippen molar-refractivity contribution in [3.05, 3.63) is 84.0 Å². The van der Waals surface area contributed by atoms with Gasteiger partial charge in [0.05, 0.1) is 5.56 Å². The van der Waals surface area contributed by atoms with E-state index in [9.17, 15) is 9.18 Å². The number of esters is 1. The van der Waals surface area contributed by atoms with Gasteiger partial charge >= 0.3 is 5.97 Å². The molecule has 6 heteroatoms. The van der Waals surface area contributed by atoms with Gasteiger partial charge in [0.15, 0.2) is 6.61 Å². The molecule has 0 spiro atoms. The number of halogens is 1. The minimum Gasteiger partial charge on any atom is -0.452 e. The summed E-state index contributed by atoms with van der Waals surface area (Å²) in [5.74, 6) is -0.344. The van der Waals surface area contributed by atoms with Crippen LogP contribution in [0.5, 0.6) is 0 Å². The molecule has 0 radical (unpaired) electrons. The normalized spacial score (nSPS) is 10.8. The van der Waals surface area contributed by atoms with Crippen LogP contribution in [-0.2, 0) is 11.3 Å². The molecule has 0 aliphatic rings. The summed E-state index contributed by atoms with van der Waals surface area (Å²) >= 11 is 0. The minimum absolute atomic E-state index is 0.143. The quantitative estimate of drug-likeness (QED) is 0.512. The molecule has 0 amide bonds. The molecule has 0 saturated heterocycles. The first-order valence-corrected chi connectivity index (χ1v) is 7.94. The highest BCUT2D eigenvalue weighted by atomic mass is 19.1. The van der Waals surface area contributed by atoms with Crippen LogP contribution >= 0.6 is 0 Å². The lowest BCUT2D eigenvalue weighted by Gasteiger charge is -2.05. The summed E-state index contributed by atoms with van der Waals surface area (Å²) in [5.41, 5.74) is 1.09. The molecule has 0 fully saturated rings. The summed E-state index contributed by atoms with van der Waals surface area (Å²) in [6, 6.07) is 18.7. The molecule has 0 atom stereocenters. The zero-order chi connectivity index (χ0) is 17.9. The maximum atomic E-state index is 13.0. The number of aromatic nitrogens is 2. The standard InChI is InChI=1S/C20H13FN2O3/c21-15-10-8-14(9-11-15)19-22-18(26-23-19)12-25-20(24)17-7-3-5-13-4-1-2-6-16(13)17/h1-11H,12H2. The Hall–Kier alpha value is -3.54. The zero-order valence-corrected chi connectivity index (χ0v) is 13.6. The molecule has 26 heavy (non-hydrogen) atoms. The van der Waals surface area contributed by atoms with Crippen LogP contribution in [0.15, 0.2) is 71.3 Å². The van der Waals surface area contributed by atoms with Crippen molar-refractivity contribution in [2.24, 2.45) is 0 Å². The van der Waals surface area contributed by atoms with Crippen molar-refractivity contribution in [1.29, 1.82) is 0 Å². The largest absolute Gasteiger partial charge is 0.452 e. The summed E-state index contributed by atoms with van der Waals surface area (Å²) < 4.78 is 23.4. The van der Waals surface area contributed by atoms with Crippen molar-refractivity contribution in [3.8, 4) is 11.4 Å². The molecule has 1 aromatic heterocycles. The molecule has 4 rings (SSSR count). The van der Waals surface area contributed by atoms with E-state index in [1.807, 2.05) is 30.3 Å². The number of rotatable bonds is 4. The molecule has 0 bridgehead atoms. The zero-order valence-electron chi connectivity index (χ0n) is 13.6. The number of nitrogens with zero attached hydrogens (tertiary/aromatic N) is 2. The van der Waals surface area contributed by atoms with Crippen molar-refractivity contribution < 1.29 is 18.4 Å². The van der Waals surface area contributed by atoms with Crippen LogP contribution < -0.4 is 0 Å². The molecule has 0 N–H and O–H groups in total. The lowest BCUT2D eigenvalue weighted by Crippen LogP contribution is -2.06. The second kappa shape index (κ2) is 6.76. The first-order valence-electron chi connectivity index (χ1n) is 7.94. The summed E-state index contributed by atoms with van der Waals surface area (Å²) in [6.07, 6.45) is 0. The Kier molecular flexibility index (Phi) is 4.15. The van der Waals surface area contributed by atoms with Crippen LogP contribution in [0.4, 0.5) is 4.39 Å². The van der Waals surface area contributed by atoms with E-state index in [1.165, 1.54) is 12.1 Å². The molecule has 0 unspecified atom stereocenters. The average molecular weight is 348 g/mol. The first-order chi connectivity index (χ1) is 12.7. The number of ether oxygens (including phenoxy) is 1. The SMILES string of the molecule is O=C(OCc1nc(-c2ccc(F)cc2)no1)c1cccc2ccccc12. The van der Waals surface area contributed by atoms with E-state index in [-0.39, 0.29) is 18.3 Å². The van der Waals surface area contributed by atoms with Gasteiger partial charge in [-0.05, 0) is 41.1 Å². The van der Waals surface area contributed by atoms with Crippen molar-refractivity contribution in [2.75, 3.05) is 0 Å². The number of carbonyl (C=O) groups is 1. The molecule has 3 aromatic carbocycles. The Morgan fingerprint density at radius 3 is 2.62 bits per heavy atom. The summed E-state index contributed by atoms with van der Waals surface area (Å²) in [7, 11) is 0. The van der Waals surface area contributed by atoms with Crippen LogP contribution in [0.25, 0.3) is 22.2 Å². The van der Waals surface area contributed by atoms with Gasteiger partial charge in [0.25, 0.3) is 5.89 Å². The van der Waals surface area contributed by atoms with E-state index in [0.717, 1.165) is 10.8 Å². The smallest absolute Gasteiger partial charge is 0.339 e. The third kappa shape index (κ3) is 3.17. The van der Waals surface area contributed by atoms with E-state index in [4.69, 9.17) is 9.26 Å². The number of hydrogen-bond donors (Lipinski definition) is 0. The highest BCUT2D eigenvalue weighted by Crippen LogP contribution is 2.20. The van der Waals surface area contributed by atoms with Crippen LogP contribution in [0, 0.1) is 5.82 Å². The molecule has 128 valence electrons. The molecule has 0 aliphatic carbocycles. The highest BCUT2D eigenvalue weighted by Gasteiger charge is 2.14. The van der Waals surface area contributed by atoms with Gasteiger partial charge in [-0.3, -0.25) is 0 Å². The Bertz CT molecular complexity index is 1070. The van der Waals surface area contributed by atoms with Gasteiger partial charge in [0, 0.05) is 5.56 Å². The van der Waals surface area contributed by atoms with Crippen LogP contribution in [-0.4, -0.2) is 16.1 Å². The first kappa shape index (κ1) is 16.0. The van der Waals surface area contributed by atoms with Crippen molar-refractivity contribution in [2.45, 2.75) is 6.61 Å². The van der Waals surface area contributed by atoms with E-state index >= 15 is 0 Å². The van der Waals surface area contributed by atoms with E-state index in [1.54, 1.807) is 24.3 Å². The second-order valence-corrected chi connectivity index (χ2v) is 5.62. The van der Waals surface area contributed by atoms with E-state index in [2.05, 4.69) is 10.1 Å². The van der Waals surface area contributed by atoms with Crippen molar-refractivity contribution in [1.82, 2.24) is 10.1 Å². The van der Waals surface area contributed by atoms with E-state index in [0.29, 0.717) is 17.0 Å². The van der Waals surface area contributed by atoms with Crippen molar-refractivity contribution >= 4 is 16.7 Å². The molecule has 1 heterocycles. The Morgan fingerprint density at radius 2 is 1.77 bits per heavy atom. The average Bonchev–Trinajstić information content (AvgIpc) is 3.15. The monoisotopic (exact) mass is 348 g/mol. The number of fused-ring (bicyclic) bond motifs is 1.